The first kappa shape index (κ1) is 28.4. The summed E-state index contributed by atoms with van der Waals surface area (Å²) in [4.78, 5) is 25.7. The maximum absolute atomic E-state index is 12.9. The van der Waals surface area contributed by atoms with Gasteiger partial charge in [-0.3, -0.25) is 0 Å². The quantitative estimate of drug-likeness (QED) is 0.159. The number of hydrogen-bond acceptors (Lipinski definition) is 10. The van der Waals surface area contributed by atoms with Gasteiger partial charge in [0.15, 0.2) is 0 Å². The van der Waals surface area contributed by atoms with E-state index in [1.807, 2.05) is 0 Å². The molecule has 0 unspecified atom stereocenters. The summed E-state index contributed by atoms with van der Waals surface area (Å²) in [5, 5.41) is 28.3. The molecule has 0 aromatic carbocycles. The number of epoxide rings is 2. The Bertz CT molecular complexity index is 1080. The van der Waals surface area contributed by atoms with Gasteiger partial charge in [0.05, 0.1) is 42.0 Å². The van der Waals surface area contributed by atoms with Crippen molar-refractivity contribution in [3.8, 4) is 0 Å². The standard InChI is InChI=1S/C29H40O10/c1-17(9-12-30)13-23(34)35-15-28-11-10-26(3)24(39-26)25(28)38-21-14-20(27(28,4)29(21)16-36-29)37-22(33)8-6-5-7-19(32)18(2)31/h5-8,13,18-21,24-25,30-32H,9-12,14-16H2,1-4H3/b7-5+,8-6-,17-13+/t18-,19-,20-,21-,24+,25-,26-,27-,28-,29+/m1/s1. The third kappa shape index (κ3) is 4.59. The molecule has 10 heteroatoms. The Hall–Kier alpha value is -2.08. The van der Waals surface area contributed by atoms with Crippen molar-refractivity contribution in [3.63, 3.8) is 0 Å². The lowest BCUT2D eigenvalue weighted by Gasteiger charge is -2.58. The number of esters is 2. The molecule has 3 N–H and O–H groups in total. The molecule has 39 heavy (non-hydrogen) atoms. The molecule has 5 aliphatic rings. The molecule has 5 rings (SSSR count). The first-order chi connectivity index (χ1) is 18.4. The van der Waals surface area contributed by atoms with Crippen LogP contribution in [0, 0.1) is 10.8 Å². The van der Waals surface area contributed by atoms with Crippen LogP contribution < -0.4 is 0 Å². The van der Waals surface area contributed by atoms with Gasteiger partial charge in [0.2, 0.25) is 0 Å². The highest BCUT2D eigenvalue weighted by Gasteiger charge is 2.86. The highest BCUT2D eigenvalue weighted by Crippen LogP contribution is 2.75. The summed E-state index contributed by atoms with van der Waals surface area (Å²) in [6, 6.07) is 0. The number of hydrogen-bond donors (Lipinski definition) is 3. The Morgan fingerprint density at radius 3 is 2.54 bits per heavy atom. The number of carbonyl (C=O) groups is 2. The maximum atomic E-state index is 12.9. The van der Waals surface area contributed by atoms with Crippen molar-refractivity contribution in [2.45, 2.75) is 101 Å². The maximum Gasteiger partial charge on any atom is 0.331 e. The molecule has 2 saturated carbocycles. The molecule has 1 spiro atoms. The van der Waals surface area contributed by atoms with Crippen molar-refractivity contribution in [1.82, 2.24) is 0 Å². The summed E-state index contributed by atoms with van der Waals surface area (Å²) in [7, 11) is 0. The number of fused-ring (bicyclic) bond motifs is 4. The number of allylic oxidation sites excluding steroid dienone is 2. The second kappa shape index (κ2) is 10.1. The first-order valence-electron chi connectivity index (χ1n) is 13.8. The number of carbonyl (C=O) groups excluding carboxylic acids is 2. The molecule has 3 saturated heterocycles. The van der Waals surface area contributed by atoms with E-state index in [0.29, 0.717) is 25.9 Å². The van der Waals surface area contributed by atoms with E-state index in [1.165, 1.54) is 37.3 Å². The molecule has 10 nitrogen and oxygen atoms in total. The Kier molecular flexibility index (Phi) is 7.35. The van der Waals surface area contributed by atoms with E-state index in [9.17, 15) is 24.9 Å². The van der Waals surface area contributed by atoms with Gasteiger partial charge >= 0.3 is 11.9 Å². The Balaban J connectivity index is 1.40. The average Bonchev–Trinajstić information content (AvgIpc) is 3.78. The number of aliphatic hydroxyl groups is 3. The fourth-order valence-corrected chi connectivity index (χ4v) is 7.19. The van der Waals surface area contributed by atoms with Gasteiger partial charge < -0.3 is 39.0 Å². The van der Waals surface area contributed by atoms with Gasteiger partial charge in [0.25, 0.3) is 0 Å². The van der Waals surface area contributed by atoms with Gasteiger partial charge in [0.1, 0.15) is 24.4 Å². The van der Waals surface area contributed by atoms with Gasteiger partial charge in [-0.15, -0.1) is 0 Å². The fraction of sp³-hybridized carbons (Fsp3) is 0.724. The molecular formula is C29H40O10. The van der Waals surface area contributed by atoms with Crippen molar-refractivity contribution in [2.24, 2.45) is 10.8 Å². The summed E-state index contributed by atoms with van der Waals surface area (Å²) in [5.74, 6) is -1.04. The van der Waals surface area contributed by atoms with Crippen molar-refractivity contribution < 1.29 is 48.6 Å². The highest BCUT2D eigenvalue weighted by atomic mass is 16.7. The molecule has 2 bridgehead atoms. The van der Waals surface area contributed by atoms with Crippen molar-refractivity contribution >= 4 is 11.9 Å². The third-order valence-electron chi connectivity index (χ3n) is 9.85. The topological polar surface area (TPSA) is 148 Å². The zero-order valence-electron chi connectivity index (χ0n) is 23.0. The molecular weight excluding hydrogens is 508 g/mol. The molecule has 10 atom stereocenters. The van der Waals surface area contributed by atoms with Crippen LogP contribution in [0.3, 0.4) is 0 Å². The zero-order chi connectivity index (χ0) is 28.2. The van der Waals surface area contributed by atoms with E-state index >= 15 is 0 Å². The second-order valence-corrected chi connectivity index (χ2v) is 12.1. The van der Waals surface area contributed by atoms with Crippen LogP contribution in [-0.4, -0.2) is 94.9 Å². The molecule has 5 fully saturated rings. The molecule has 0 aromatic heterocycles. The number of aliphatic hydroxyl groups excluding tert-OH is 3. The average molecular weight is 549 g/mol. The van der Waals surface area contributed by atoms with E-state index in [1.54, 1.807) is 6.92 Å². The van der Waals surface area contributed by atoms with Gasteiger partial charge in [-0.25, -0.2) is 9.59 Å². The monoisotopic (exact) mass is 548 g/mol. The van der Waals surface area contributed by atoms with E-state index < -0.39 is 46.7 Å². The third-order valence-corrected chi connectivity index (χ3v) is 9.85. The van der Waals surface area contributed by atoms with Crippen LogP contribution in [0.4, 0.5) is 0 Å². The smallest absolute Gasteiger partial charge is 0.331 e. The van der Waals surface area contributed by atoms with E-state index in [2.05, 4.69) is 13.8 Å². The first-order valence-corrected chi connectivity index (χ1v) is 13.8. The summed E-state index contributed by atoms with van der Waals surface area (Å²) >= 11 is 0. The van der Waals surface area contributed by atoms with Crippen LogP contribution in [0.5, 0.6) is 0 Å². The molecule has 3 aliphatic heterocycles. The zero-order valence-corrected chi connectivity index (χ0v) is 23.0. The predicted octanol–water partition coefficient (Wildman–Crippen LogP) is 1.51. The van der Waals surface area contributed by atoms with Crippen LogP contribution in [0.15, 0.2) is 36.0 Å². The summed E-state index contributed by atoms with van der Waals surface area (Å²) in [5.41, 5.74) is -1.61. The molecule has 0 radical (unpaired) electrons. The fourth-order valence-electron chi connectivity index (χ4n) is 7.19. The lowest BCUT2D eigenvalue weighted by molar-refractivity contribution is -0.250. The van der Waals surface area contributed by atoms with Crippen molar-refractivity contribution in [1.29, 1.82) is 0 Å². The molecule has 3 heterocycles. The van der Waals surface area contributed by atoms with Gasteiger partial charge in [-0.2, -0.15) is 0 Å². The minimum atomic E-state index is -1.04. The Morgan fingerprint density at radius 2 is 1.87 bits per heavy atom. The second-order valence-electron chi connectivity index (χ2n) is 12.1. The van der Waals surface area contributed by atoms with Crippen LogP contribution in [0.1, 0.15) is 53.4 Å². The van der Waals surface area contributed by atoms with Crippen molar-refractivity contribution in [3.05, 3.63) is 36.0 Å². The van der Waals surface area contributed by atoms with Crippen LogP contribution in [-0.2, 0) is 33.3 Å². The Labute approximate surface area is 228 Å². The molecule has 216 valence electrons. The van der Waals surface area contributed by atoms with Gasteiger partial charge in [0, 0.05) is 30.6 Å². The Morgan fingerprint density at radius 1 is 1.13 bits per heavy atom. The van der Waals surface area contributed by atoms with Crippen LogP contribution in [0.2, 0.25) is 0 Å². The van der Waals surface area contributed by atoms with Crippen molar-refractivity contribution in [2.75, 3.05) is 19.8 Å². The van der Waals surface area contributed by atoms with E-state index in [4.69, 9.17) is 23.7 Å². The minimum absolute atomic E-state index is 0.0508. The summed E-state index contributed by atoms with van der Waals surface area (Å²) in [6.45, 7) is 7.87. The van der Waals surface area contributed by atoms with Crippen LogP contribution >= 0.6 is 0 Å². The summed E-state index contributed by atoms with van der Waals surface area (Å²) in [6.07, 6.45) is 5.97. The lowest BCUT2D eigenvalue weighted by Crippen LogP contribution is -2.69. The SMILES string of the molecule is C/C(=C\C(=O)OC[C@]12CC[C@@]3(C)O[C@H]3[C@H]1O[C@@H]1C[C@@H](OC(=O)/C=C\C=C\[C@@H](O)[C@@H](C)O)[C@@]2(C)[C@]12CO2)CCO. The normalized spacial score (nSPS) is 43.7. The van der Waals surface area contributed by atoms with Gasteiger partial charge in [-0.05, 0) is 40.0 Å². The van der Waals surface area contributed by atoms with E-state index in [-0.39, 0.29) is 37.1 Å². The lowest BCUT2D eigenvalue weighted by atomic mass is 9.50. The molecule has 0 amide bonds. The number of rotatable bonds is 10. The molecule has 0 aromatic rings. The van der Waals surface area contributed by atoms with E-state index in [0.717, 1.165) is 12.0 Å². The highest BCUT2D eigenvalue weighted by molar-refractivity contribution is 5.83. The van der Waals surface area contributed by atoms with Crippen LogP contribution in [0.25, 0.3) is 0 Å². The summed E-state index contributed by atoms with van der Waals surface area (Å²) < 4.78 is 30.9. The molecule has 2 aliphatic carbocycles. The predicted molar refractivity (Wildman–Crippen MR) is 137 cm³/mol. The minimum Gasteiger partial charge on any atom is -0.462 e. The van der Waals surface area contributed by atoms with Gasteiger partial charge in [-0.1, -0.05) is 30.7 Å². The largest absolute Gasteiger partial charge is 0.462 e. The number of ether oxygens (including phenoxy) is 5.